The topological polar surface area (TPSA) is 108 Å². The van der Waals surface area contributed by atoms with Crippen LogP contribution in [0.4, 0.5) is 5.82 Å². The monoisotopic (exact) mass is 524 g/mol. The molecule has 0 bridgehead atoms. The lowest BCUT2D eigenvalue weighted by Gasteiger charge is -2.32. The zero-order valence-electron chi connectivity index (χ0n) is 19.7. The molecule has 1 unspecified atom stereocenters. The first kappa shape index (κ1) is 24.1. The van der Waals surface area contributed by atoms with Crippen molar-refractivity contribution in [3.8, 4) is 22.8 Å². The van der Waals surface area contributed by atoms with Crippen molar-refractivity contribution in [1.82, 2.24) is 24.6 Å². The Balaban J connectivity index is 1.44. The highest BCUT2D eigenvalue weighted by molar-refractivity contribution is 7.10. The van der Waals surface area contributed by atoms with Crippen LogP contribution >= 0.6 is 22.9 Å². The molecule has 0 radical (unpaired) electrons. The highest BCUT2D eigenvalue weighted by Crippen LogP contribution is 2.36. The molecule has 1 amide bonds. The third kappa shape index (κ3) is 4.61. The molecular formula is C25H25ClN6O3S. The minimum Gasteiger partial charge on any atom is -0.493 e. The molecule has 4 aromatic rings. The standard InChI is InChI=1S/C25H25ClN6O3S/c1-3-21(33)31-8-4-5-17(11-31)32-25-22(24(27)28-14-29-25)23(30-32)15-9-18(36-13-15)12-35-19-7-6-16(26)10-20(19)34-2/h3,6-7,9-10,13-14,17H,1,4-5,8,11-12H2,2H3,(H2,27,28,29). The van der Waals surface area contributed by atoms with Crippen molar-refractivity contribution >= 4 is 45.7 Å². The number of nitrogen functional groups attached to an aromatic ring is 1. The number of nitrogens with two attached hydrogens (primary N) is 1. The number of carbonyl (C=O) groups excluding carboxylic acids is 1. The number of hydrogen-bond acceptors (Lipinski definition) is 8. The Labute approximate surface area is 217 Å². The summed E-state index contributed by atoms with van der Waals surface area (Å²) in [5, 5.41) is 8.23. The molecule has 11 heteroatoms. The Morgan fingerprint density at radius 3 is 3.00 bits per heavy atom. The number of thiophene rings is 1. The Bertz CT molecular complexity index is 1430. The highest BCUT2D eigenvalue weighted by atomic mass is 35.5. The molecule has 0 saturated carbocycles. The first-order valence-electron chi connectivity index (χ1n) is 11.4. The van der Waals surface area contributed by atoms with Gasteiger partial charge >= 0.3 is 0 Å². The van der Waals surface area contributed by atoms with Gasteiger partial charge in [0, 0.05) is 40.0 Å². The third-order valence-electron chi connectivity index (χ3n) is 6.17. The largest absolute Gasteiger partial charge is 0.493 e. The van der Waals surface area contributed by atoms with Gasteiger partial charge in [0.25, 0.3) is 0 Å². The lowest BCUT2D eigenvalue weighted by atomic mass is 10.1. The van der Waals surface area contributed by atoms with Gasteiger partial charge in [0.15, 0.2) is 17.1 Å². The fourth-order valence-corrected chi connectivity index (χ4v) is 5.37. The number of piperidine rings is 1. The van der Waals surface area contributed by atoms with E-state index in [4.69, 9.17) is 31.9 Å². The summed E-state index contributed by atoms with van der Waals surface area (Å²) in [5.41, 5.74) is 8.56. The molecule has 186 valence electrons. The maximum atomic E-state index is 12.2. The van der Waals surface area contributed by atoms with Gasteiger partial charge in [-0.1, -0.05) is 18.2 Å². The third-order valence-corrected chi connectivity index (χ3v) is 7.31. The summed E-state index contributed by atoms with van der Waals surface area (Å²) in [6.45, 7) is 5.22. The van der Waals surface area contributed by atoms with E-state index in [-0.39, 0.29) is 11.9 Å². The minimum atomic E-state index is -0.0784. The zero-order valence-corrected chi connectivity index (χ0v) is 21.3. The fourth-order valence-electron chi connectivity index (χ4n) is 4.43. The molecule has 4 heterocycles. The number of aromatic nitrogens is 4. The van der Waals surface area contributed by atoms with Gasteiger partial charge in [-0.05, 0) is 37.1 Å². The molecule has 5 rings (SSSR count). The van der Waals surface area contributed by atoms with Gasteiger partial charge in [-0.25, -0.2) is 14.6 Å². The molecule has 1 fully saturated rings. The summed E-state index contributed by atoms with van der Waals surface area (Å²) in [6, 6.07) is 7.27. The zero-order chi connectivity index (χ0) is 25.2. The van der Waals surface area contributed by atoms with Crippen molar-refractivity contribution < 1.29 is 14.3 Å². The minimum absolute atomic E-state index is 0.0213. The Kier molecular flexibility index (Phi) is 6.80. The van der Waals surface area contributed by atoms with Crippen LogP contribution in [0.15, 0.2) is 48.6 Å². The van der Waals surface area contributed by atoms with Gasteiger partial charge in [0.1, 0.15) is 24.4 Å². The van der Waals surface area contributed by atoms with E-state index < -0.39 is 0 Å². The van der Waals surface area contributed by atoms with Gasteiger partial charge in [0.2, 0.25) is 5.91 Å². The van der Waals surface area contributed by atoms with Gasteiger partial charge in [-0.2, -0.15) is 5.10 Å². The van der Waals surface area contributed by atoms with Crippen molar-refractivity contribution in [3.63, 3.8) is 0 Å². The number of ether oxygens (including phenoxy) is 2. The Morgan fingerprint density at radius 1 is 1.33 bits per heavy atom. The van der Waals surface area contributed by atoms with E-state index in [1.54, 1.807) is 41.5 Å². The van der Waals surface area contributed by atoms with E-state index in [0.717, 1.165) is 23.3 Å². The number of benzene rings is 1. The predicted octanol–water partition coefficient (Wildman–Crippen LogP) is 4.73. The van der Waals surface area contributed by atoms with Crippen molar-refractivity contribution in [2.75, 3.05) is 25.9 Å². The molecule has 0 aliphatic carbocycles. The lowest BCUT2D eigenvalue weighted by Crippen LogP contribution is -2.40. The molecule has 36 heavy (non-hydrogen) atoms. The number of methoxy groups -OCH3 is 1. The first-order chi connectivity index (χ1) is 17.5. The first-order valence-corrected chi connectivity index (χ1v) is 12.7. The summed E-state index contributed by atoms with van der Waals surface area (Å²) in [6.07, 6.45) is 4.55. The van der Waals surface area contributed by atoms with Crippen LogP contribution in [0.5, 0.6) is 11.5 Å². The maximum absolute atomic E-state index is 12.2. The lowest BCUT2D eigenvalue weighted by molar-refractivity contribution is -0.127. The van der Waals surface area contributed by atoms with Gasteiger partial charge < -0.3 is 20.1 Å². The normalized spacial score (nSPS) is 15.7. The number of carbonyl (C=O) groups is 1. The summed E-state index contributed by atoms with van der Waals surface area (Å²) >= 11 is 7.61. The number of likely N-dealkylation sites (tertiary alicyclic amines) is 1. The SMILES string of the molecule is C=CC(=O)N1CCCC(n2nc(-c3csc(COc4ccc(Cl)cc4OC)c3)c3c(N)ncnc32)C1. The van der Waals surface area contributed by atoms with Crippen LogP contribution in [-0.2, 0) is 11.4 Å². The maximum Gasteiger partial charge on any atom is 0.246 e. The molecule has 1 saturated heterocycles. The smallest absolute Gasteiger partial charge is 0.246 e. The van der Waals surface area contributed by atoms with E-state index in [9.17, 15) is 4.79 Å². The van der Waals surface area contributed by atoms with Crippen molar-refractivity contribution in [1.29, 1.82) is 0 Å². The van der Waals surface area contributed by atoms with E-state index >= 15 is 0 Å². The second kappa shape index (κ2) is 10.2. The number of amides is 1. The predicted molar refractivity (Wildman–Crippen MR) is 140 cm³/mol. The van der Waals surface area contributed by atoms with E-state index in [0.29, 0.717) is 58.8 Å². The van der Waals surface area contributed by atoms with E-state index in [1.807, 2.05) is 16.1 Å². The second-order valence-electron chi connectivity index (χ2n) is 8.42. The molecule has 9 nitrogen and oxygen atoms in total. The van der Waals surface area contributed by atoms with Crippen molar-refractivity contribution in [3.05, 3.63) is 58.5 Å². The van der Waals surface area contributed by atoms with Crippen LogP contribution in [-0.4, -0.2) is 50.8 Å². The Morgan fingerprint density at radius 2 is 2.19 bits per heavy atom. The van der Waals surface area contributed by atoms with Gasteiger partial charge in [-0.3, -0.25) is 4.79 Å². The summed E-state index contributed by atoms with van der Waals surface area (Å²) in [4.78, 5) is 23.7. The van der Waals surface area contributed by atoms with Crippen LogP contribution in [0, 0.1) is 0 Å². The number of nitrogens with zero attached hydrogens (tertiary/aromatic N) is 5. The number of halogens is 1. The molecule has 3 aromatic heterocycles. The average Bonchev–Trinajstić information content (AvgIpc) is 3.53. The van der Waals surface area contributed by atoms with E-state index in [2.05, 4.69) is 16.5 Å². The molecular weight excluding hydrogens is 500 g/mol. The van der Waals surface area contributed by atoms with Crippen LogP contribution < -0.4 is 15.2 Å². The van der Waals surface area contributed by atoms with Crippen LogP contribution in [0.25, 0.3) is 22.3 Å². The number of fused-ring (bicyclic) bond motifs is 1. The highest BCUT2D eigenvalue weighted by Gasteiger charge is 2.28. The number of anilines is 1. The van der Waals surface area contributed by atoms with Crippen LogP contribution in [0.1, 0.15) is 23.8 Å². The number of rotatable bonds is 7. The van der Waals surface area contributed by atoms with Gasteiger partial charge in [0.05, 0.1) is 18.5 Å². The summed E-state index contributed by atoms with van der Waals surface area (Å²) in [7, 11) is 1.58. The van der Waals surface area contributed by atoms with Crippen LogP contribution in [0.2, 0.25) is 5.02 Å². The summed E-state index contributed by atoms with van der Waals surface area (Å²) in [5.74, 6) is 1.47. The second-order valence-corrected chi connectivity index (χ2v) is 9.85. The van der Waals surface area contributed by atoms with E-state index in [1.165, 1.54) is 12.4 Å². The quantitative estimate of drug-likeness (QED) is 0.348. The molecule has 1 aliphatic heterocycles. The molecule has 2 N–H and O–H groups in total. The average molecular weight is 525 g/mol. The summed E-state index contributed by atoms with van der Waals surface area (Å²) < 4.78 is 13.2. The van der Waals surface area contributed by atoms with Crippen molar-refractivity contribution in [2.45, 2.75) is 25.5 Å². The van der Waals surface area contributed by atoms with Gasteiger partial charge in [-0.15, -0.1) is 11.3 Å². The molecule has 1 atom stereocenters. The van der Waals surface area contributed by atoms with Crippen molar-refractivity contribution in [2.24, 2.45) is 0 Å². The fraction of sp³-hybridized carbons (Fsp3) is 0.280. The molecule has 1 aromatic carbocycles. The van der Waals surface area contributed by atoms with Crippen LogP contribution in [0.3, 0.4) is 0 Å². The number of hydrogen-bond donors (Lipinski definition) is 1. The molecule has 0 spiro atoms. The Hall–Kier alpha value is -3.63. The molecule has 1 aliphatic rings.